The van der Waals surface area contributed by atoms with Gasteiger partial charge in [0.1, 0.15) is 0 Å². The number of carbonyl (C=O) groups excluding carboxylic acids is 1. The van der Waals surface area contributed by atoms with Crippen molar-refractivity contribution in [2.75, 3.05) is 13.1 Å². The van der Waals surface area contributed by atoms with Gasteiger partial charge in [-0.2, -0.15) is 0 Å². The van der Waals surface area contributed by atoms with E-state index in [4.69, 9.17) is 5.73 Å². The molecule has 0 unspecified atom stereocenters. The largest absolute Gasteiger partial charge is 0.345 e. The second-order valence-electron chi connectivity index (χ2n) is 3.14. The Labute approximate surface area is 98.6 Å². The smallest absolute Gasteiger partial charge is 0.324 e. The molecular weight excluding hydrogens is 256 g/mol. The predicted molar refractivity (Wildman–Crippen MR) is 57.3 cm³/mol. The molecule has 0 fully saturated rings. The Kier molecular flexibility index (Phi) is 4.07. The molecule has 9 heteroatoms. The first-order valence-corrected chi connectivity index (χ1v) is 5.28. The fourth-order valence-corrected chi connectivity index (χ4v) is 1.65. The van der Waals surface area contributed by atoms with E-state index in [1.54, 1.807) is 0 Å². The number of hydrogen-bond acceptors (Lipinski definition) is 5. The number of alkyl halides is 2. The van der Waals surface area contributed by atoms with Crippen LogP contribution in [-0.4, -0.2) is 29.8 Å². The van der Waals surface area contributed by atoms with Gasteiger partial charge in [-0.25, -0.2) is 8.78 Å². The van der Waals surface area contributed by atoms with E-state index in [1.807, 2.05) is 5.32 Å². The summed E-state index contributed by atoms with van der Waals surface area (Å²) in [6, 6.07) is 2.35. The maximum atomic E-state index is 12.7. The maximum absolute atomic E-state index is 12.7. The third-order valence-corrected chi connectivity index (χ3v) is 2.84. The monoisotopic (exact) mass is 265 g/mol. The first-order valence-electron chi connectivity index (χ1n) is 4.46. The van der Waals surface area contributed by atoms with Crippen LogP contribution < -0.4 is 11.1 Å². The molecule has 1 heterocycles. The van der Waals surface area contributed by atoms with Gasteiger partial charge in [0.25, 0.3) is 11.8 Å². The van der Waals surface area contributed by atoms with Crippen molar-refractivity contribution >= 4 is 22.2 Å². The number of halogens is 2. The summed E-state index contributed by atoms with van der Waals surface area (Å²) < 4.78 is 25.4. The van der Waals surface area contributed by atoms with Crippen LogP contribution in [0.5, 0.6) is 0 Å². The minimum Gasteiger partial charge on any atom is -0.345 e. The van der Waals surface area contributed by atoms with Crippen molar-refractivity contribution in [3.05, 3.63) is 27.1 Å². The van der Waals surface area contributed by atoms with Crippen LogP contribution in [0.25, 0.3) is 0 Å². The highest BCUT2D eigenvalue weighted by atomic mass is 32.1. The average molecular weight is 265 g/mol. The van der Waals surface area contributed by atoms with Crippen LogP contribution in [0.3, 0.4) is 0 Å². The number of nitrogens with two attached hydrogens (primary N) is 1. The summed E-state index contributed by atoms with van der Waals surface area (Å²) in [4.78, 5) is 21.0. The zero-order chi connectivity index (χ0) is 13.1. The van der Waals surface area contributed by atoms with Crippen molar-refractivity contribution in [3.63, 3.8) is 0 Å². The van der Waals surface area contributed by atoms with E-state index >= 15 is 0 Å². The van der Waals surface area contributed by atoms with Crippen molar-refractivity contribution in [2.24, 2.45) is 5.73 Å². The Bertz CT molecular complexity index is 435. The van der Waals surface area contributed by atoms with Crippen LogP contribution in [0, 0.1) is 10.1 Å². The lowest BCUT2D eigenvalue weighted by Crippen LogP contribution is -2.41. The van der Waals surface area contributed by atoms with Crippen molar-refractivity contribution < 1.29 is 18.5 Å². The summed E-state index contributed by atoms with van der Waals surface area (Å²) >= 11 is 0.620. The van der Waals surface area contributed by atoms with Crippen LogP contribution in [0.15, 0.2) is 12.1 Å². The van der Waals surface area contributed by atoms with Gasteiger partial charge in [-0.1, -0.05) is 11.3 Å². The van der Waals surface area contributed by atoms with Gasteiger partial charge in [-0.3, -0.25) is 14.9 Å². The van der Waals surface area contributed by atoms with Crippen molar-refractivity contribution in [2.45, 2.75) is 5.92 Å². The van der Waals surface area contributed by atoms with Gasteiger partial charge in [0, 0.05) is 6.07 Å². The Hall–Kier alpha value is -1.61. The number of carbonyl (C=O) groups is 1. The molecule has 0 aromatic carbocycles. The lowest BCUT2D eigenvalue weighted by molar-refractivity contribution is -0.380. The van der Waals surface area contributed by atoms with E-state index in [0.29, 0.717) is 11.3 Å². The summed E-state index contributed by atoms with van der Waals surface area (Å²) in [5, 5.41) is 12.1. The second kappa shape index (κ2) is 5.15. The fourth-order valence-electron chi connectivity index (χ4n) is 0.917. The summed E-state index contributed by atoms with van der Waals surface area (Å²) in [6.45, 7) is -1.77. The predicted octanol–water partition coefficient (Wildman–Crippen LogP) is 0.980. The van der Waals surface area contributed by atoms with E-state index in [9.17, 15) is 23.7 Å². The molecule has 0 aliphatic rings. The number of rotatable bonds is 5. The number of amides is 1. The highest BCUT2D eigenvalue weighted by Crippen LogP contribution is 2.23. The molecule has 0 atom stereocenters. The molecule has 3 N–H and O–H groups in total. The molecule has 0 aliphatic heterocycles. The highest BCUT2D eigenvalue weighted by Gasteiger charge is 2.27. The number of nitro groups is 1. The van der Waals surface area contributed by atoms with Crippen molar-refractivity contribution in [1.29, 1.82) is 0 Å². The molecule has 1 rings (SSSR count). The van der Waals surface area contributed by atoms with Gasteiger partial charge < -0.3 is 11.1 Å². The normalized spacial score (nSPS) is 11.2. The minimum absolute atomic E-state index is 0.00419. The van der Waals surface area contributed by atoms with Crippen LogP contribution in [0.1, 0.15) is 9.67 Å². The molecular formula is C8H9F2N3O3S. The number of nitrogens with one attached hydrogen (secondary N) is 1. The van der Waals surface area contributed by atoms with Gasteiger partial charge in [0.05, 0.1) is 22.9 Å². The Balaban J connectivity index is 2.61. The number of thiophene rings is 1. The molecule has 0 bridgehead atoms. The maximum Gasteiger partial charge on any atom is 0.324 e. The molecule has 0 radical (unpaired) electrons. The zero-order valence-electron chi connectivity index (χ0n) is 8.48. The first kappa shape index (κ1) is 13.5. The van der Waals surface area contributed by atoms with Crippen LogP contribution >= 0.6 is 11.3 Å². The summed E-state index contributed by atoms with van der Waals surface area (Å²) in [6.07, 6.45) is 0. The molecule has 1 aromatic heterocycles. The SMILES string of the molecule is NCC(F)(F)CNC(=O)c1ccc([N+](=O)[O-])s1. The molecule has 94 valence electrons. The Morgan fingerprint density at radius 2 is 2.24 bits per heavy atom. The second-order valence-corrected chi connectivity index (χ2v) is 4.20. The zero-order valence-corrected chi connectivity index (χ0v) is 9.30. The fraction of sp³-hybridized carbons (Fsp3) is 0.375. The van der Waals surface area contributed by atoms with Gasteiger partial charge >= 0.3 is 5.00 Å². The van der Waals surface area contributed by atoms with Crippen LogP contribution in [-0.2, 0) is 0 Å². The lowest BCUT2D eigenvalue weighted by Gasteiger charge is -2.13. The van der Waals surface area contributed by atoms with Crippen molar-refractivity contribution in [1.82, 2.24) is 5.32 Å². The van der Waals surface area contributed by atoms with Gasteiger partial charge in [-0.15, -0.1) is 0 Å². The van der Waals surface area contributed by atoms with E-state index in [0.717, 1.165) is 6.07 Å². The molecule has 17 heavy (non-hydrogen) atoms. The highest BCUT2D eigenvalue weighted by molar-refractivity contribution is 7.17. The summed E-state index contributed by atoms with van der Waals surface area (Å²) in [7, 11) is 0. The van der Waals surface area contributed by atoms with E-state index < -0.39 is 29.8 Å². The van der Waals surface area contributed by atoms with Crippen molar-refractivity contribution in [3.8, 4) is 0 Å². The van der Waals surface area contributed by atoms with Crippen LogP contribution in [0.4, 0.5) is 13.8 Å². The summed E-state index contributed by atoms with van der Waals surface area (Å²) in [5.74, 6) is -3.96. The lowest BCUT2D eigenvalue weighted by atomic mass is 10.3. The van der Waals surface area contributed by atoms with Gasteiger partial charge in [0.15, 0.2) is 0 Å². The third-order valence-electron chi connectivity index (χ3n) is 1.80. The van der Waals surface area contributed by atoms with Gasteiger partial charge in [0.2, 0.25) is 0 Å². The molecule has 1 amide bonds. The minimum atomic E-state index is -3.18. The number of hydrogen-bond donors (Lipinski definition) is 2. The molecule has 0 spiro atoms. The third kappa shape index (κ3) is 3.71. The molecule has 0 aliphatic carbocycles. The van der Waals surface area contributed by atoms with Gasteiger partial charge in [-0.05, 0) is 6.07 Å². The topological polar surface area (TPSA) is 98.3 Å². The quantitative estimate of drug-likeness (QED) is 0.612. The van der Waals surface area contributed by atoms with E-state index in [2.05, 4.69) is 0 Å². The molecule has 1 aromatic rings. The van der Waals surface area contributed by atoms with Crippen LogP contribution in [0.2, 0.25) is 0 Å². The van der Waals surface area contributed by atoms with E-state index in [1.165, 1.54) is 6.07 Å². The average Bonchev–Trinajstić information content (AvgIpc) is 2.75. The molecule has 0 saturated carbocycles. The van der Waals surface area contributed by atoms with E-state index in [-0.39, 0.29) is 9.88 Å². The Morgan fingerprint density at radius 3 is 2.71 bits per heavy atom. The summed E-state index contributed by atoms with van der Waals surface area (Å²) in [5.41, 5.74) is 4.79. The number of nitrogens with zero attached hydrogens (tertiary/aromatic N) is 1. The Morgan fingerprint density at radius 1 is 1.59 bits per heavy atom. The molecule has 0 saturated heterocycles. The standard InChI is InChI=1S/C8H9F2N3O3S/c9-8(10,3-11)4-12-7(14)5-1-2-6(17-5)13(15)16/h1-2H,3-4,11H2,(H,12,14). The molecule has 6 nitrogen and oxygen atoms in total. The first-order chi connectivity index (χ1) is 7.85.